The summed E-state index contributed by atoms with van der Waals surface area (Å²) in [5, 5.41) is 0. The first kappa shape index (κ1) is 9.61. The van der Waals surface area contributed by atoms with Crippen LogP contribution in [0.2, 0.25) is 0 Å². The highest BCUT2D eigenvalue weighted by Crippen LogP contribution is 1.95. The van der Waals surface area contributed by atoms with Crippen LogP contribution in [0.25, 0.3) is 0 Å². The van der Waals surface area contributed by atoms with E-state index in [2.05, 4.69) is 4.52 Å². The zero-order valence-corrected chi connectivity index (χ0v) is 5.36. The van der Waals surface area contributed by atoms with Gasteiger partial charge >= 0.3 is 0 Å². The summed E-state index contributed by atoms with van der Waals surface area (Å²) in [5.41, 5.74) is 0. The summed E-state index contributed by atoms with van der Waals surface area (Å²) in [6.07, 6.45) is 0. The Labute approximate surface area is 40.5 Å². The summed E-state index contributed by atoms with van der Waals surface area (Å²) in [7, 11) is 1.08. The molecule has 6 heavy (non-hydrogen) atoms. The molecule has 0 amide bonds. The molecule has 0 rings (SSSR count). The molecular weight excluding hydrogens is 99.0 g/mol. The molecule has 0 radical (unpaired) electrons. The highest BCUT2D eigenvalue weighted by Gasteiger charge is 1.53. The monoisotopic (exact) mass is 110 g/mol. The molecule has 2 nitrogen and oxygen atoms in total. The van der Waals surface area contributed by atoms with Crippen LogP contribution in [-0.2, 0) is 4.52 Å². The molecule has 40 valence electrons. The first-order valence-corrected chi connectivity index (χ1v) is 2.69. The quantitative estimate of drug-likeness (QED) is 0.513. The summed E-state index contributed by atoms with van der Waals surface area (Å²) < 4.78 is 4.12. The molecule has 0 aliphatic rings. The molecule has 0 aromatic heterocycles. The second-order valence-corrected chi connectivity index (χ2v) is 0.886. The Morgan fingerprint density at radius 1 is 1.50 bits per heavy atom. The molecule has 1 atom stereocenters. The van der Waals surface area contributed by atoms with Crippen LogP contribution in [0.15, 0.2) is 0 Å². The van der Waals surface area contributed by atoms with Crippen molar-refractivity contribution in [2.75, 3.05) is 7.11 Å². The Morgan fingerprint density at radius 2 is 1.67 bits per heavy atom. The molecule has 0 aromatic carbocycles. The lowest BCUT2D eigenvalue weighted by atomic mass is 11.0. The minimum atomic E-state index is -0.360. The number of hydrogen-bond acceptors (Lipinski definition) is 2. The SMILES string of the molecule is CC.COPO. The van der Waals surface area contributed by atoms with Gasteiger partial charge in [0.2, 0.25) is 0 Å². The maximum atomic E-state index is 7.68. The Balaban J connectivity index is 0. The van der Waals surface area contributed by atoms with Crippen LogP contribution in [-0.4, -0.2) is 12.0 Å². The van der Waals surface area contributed by atoms with E-state index in [1.165, 1.54) is 7.11 Å². The molecule has 0 fully saturated rings. The molecule has 0 bridgehead atoms. The fraction of sp³-hybridized carbons (Fsp3) is 1.00. The third kappa shape index (κ3) is 26.8. The molecule has 3 heteroatoms. The number of hydrogen-bond donors (Lipinski definition) is 1. The van der Waals surface area contributed by atoms with Gasteiger partial charge in [0.1, 0.15) is 0 Å². The van der Waals surface area contributed by atoms with E-state index >= 15 is 0 Å². The van der Waals surface area contributed by atoms with E-state index < -0.39 is 0 Å². The zero-order chi connectivity index (χ0) is 5.41. The van der Waals surface area contributed by atoms with Crippen molar-refractivity contribution >= 4 is 9.03 Å². The van der Waals surface area contributed by atoms with Crippen molar-refractivity contribution in [2.24, 2.45) is 0 Å². The summed E-state index contributed by atoms with van der Waals surface area (Å²) >= 11 is 0. The second-order valence-electron chi connectivity index (χ2n) is 0.295. The van der Waals surface area contributed by atoms with Gasteiger partial charge in [-0.15, -0.1) is 0 Å². The van der Waals surface area contributed by atoms with Gasteiger partial charge in [-0.25, -0.2) is 0 Å². The second kappa shape index (κ2) is 18.3. The highest BCUT2D eigenvalue weighted by molar-refractivity contribution is 7.24. The lowest BCUT2D eigenvalue weighted by Crippen LogP contribution is -1.50. The molecule has 0 heterocycles. The third-order valence-corrected chi connectivity index (χ3v) is 0.274. The Hall–Kier alpha value is 0.350. The maximum Gasteiger partial charge on any atom is 0.151 e. The first-order valence-electron chi connectivity index (χ1n) is 1.84. The Bertz CT molecular complexity index is 10.8. The van der Waals surface area contributed by atoms with Crippen molar-refractivity contribution in [3.05, 3.63) is 0 Å². The van der Waals surface area contributed by atoms with Gasteiger partial charge in [-0.05, 0) is 0 Å². The van der Waals surface area contributed by atoms with E-state index in [0.717, 1.165) is 0 Å². The van der Waals surface area contributed by atoms with Gasteiger partial charge in [-0.1, -0.05) is 13.8 Å². The van der Waals surface area contributed by atoms with E-state index in [4.69, 9.17) is 4.89 Å². The first-order chi connectivity index (χ1) is 2.91. The van der Waals surface area contributed by atoms with E-state index in [0.29, 0.717) is 0 Å². The molecular formula is C3H11O2P. The molecule has 1 unspecified atom stereocenters. The van der Waals surface area contributed by atoms with Gasteiger partial charge in [0.25, 0.3) is 0 Å². The molecule has 0 saturated heterocycles. The highest BCUT2D eigenvalue weighted by atomic mass is 31.1. The summed E-state index contributed by atoms with van der Waals surface area (Å²) in [6.45, 7) is 4.00. The molecule has 0 aliphatic carbocycles. The third-order valence-electron chi connectivity index (χ3n) is 0.0913. The Kier molecular flexibility index (Phi) is 29.3. The fourth-order valence-electron chi connectivity index (χ4n) is 0. The molecule has 0 saturated carbocycles. The summed E-state index contributed by atoms with van der Waals surface area (Å²) in [6, 6.07) is 0. The van der Waals surface area contributed by atoms with Crippen LogP contribution < -0.4 is 0 Å². The van der Waals surface area contributed by atoms with E-state index in [1.807, 2.05) is 13.8 Å². The van der Waals surface area contributed by atoms with Crippen molar-refractivity contribution in [1.82, 2.24) is 0 Å². The Morgan fingerprint density at radius 3 is 1.67 bits per heavy atom. The van der Waals surface area contributed by atoms with Gasteiger partial charge in [-0.2, -0.15) is 0 Å². The van der Waals surface area contributed by atoms with Crippen LogP contribution in [0.4, 0.5) is 0 Å². The standard InChI is InChI=1S/C2H6.CH5O2P/c1-2;1-3-4-2/h1-2H3;2,4H,1H3. The average molecular weight is 110 g/mol. The van der Waals surface area contributed by atoms with E-state index in [9.17, 15) is 0 Å². The topological polar surface area (TPSA) is 29.5 Å². The minimum Gasteiger partial charge on any atom is -0.352 e. The van der Waals surface area contributed by atoms with Crippen LogP contribution in [0, 0.1) is 0 Å². The van der Waals surface area contributed by atoms with Gasteiger partial charge < -0.3 is 9.42 Å². The van der Waals surface area contributed by atoms with Crippen molar-refractivity contribution in [1.29, 1.82) is 0 Å². The van der Waals surface area contributed by atoms with Gasteiger partial charge in [-0.3, -0.25) is 0 Å². The average Bonchev–Trinajstić information content (AvgIpc) is 1.72. The van der Waals surface area contributed by atoms with Crippen LogP contribution in [0.3, 0.4) is 0 Å². The van der Waals surface area contributed by atoms with Crippen LogP contribution in [0.5, 0.6) is 0 Å². The predicted octanol–water partition coefficient (Wildman–Crippen LogP) is 1.16. The van der Waals surface area contributed by atoms with Crippen molar-refractivity contribution in [2.45, 2.75) is 13.8 Å². The molecule has 0 spiro atoms. The van der Waals surface area contributed by atoms with Crippen molar-refractivity contribution < 1.29 is 9.42 Å². The lowest BCUT2D eigenvalue weighted by molar-refractivity contribution is 0.413. The number of rotatable bonds is 1. The molecule has 0 aromatic rings. The summed E-state index contributed by atoms with van der Waals surface area (Å²) in [5.74, 6) is 0. The van der Waals surface area contributed by atoms with Gasteiger partial charge in [0.15, 0.2) is 9.03 Å². The van der Waals surface area contributed by atoms with Crippen molar-refractivity contribution in [3.8, 4) is 0 Å². The largest absolute Gasteiger partial charge is 0.352 e. The maximum absolute atomic E-state index is 7.68. The predicted molar refractivity (Wildman–Crippen MR) is 28.9 cm³/mol. The summed E-state index contributed by atoms with van der Waals surface area (Å²) in [4.78, 5) is 7.68. The van der Waals surface area contributed by atoms with Crippen LogP contribution in [0.1, 0.15) is 13.8 Å². The fourth-order valence-corrected chi connectivity index (χ4v) is 0. The van der Waals surface area contributed by atoms with E-state index in [1.54, 1.807) is 0 Å². The molecule has 1 N–H and O–H groups in total. The zero-order valence-electron chi connectivity index (χ0n) is 4.36. The molecule has 0 aliphatic heterocycles. The van der Waals surface area contributed by atoms with Gasteiger partial charge in [0.05, 0.1) is 0 Å². The van der Waals surface area contributed by atoms with Crippen LogP contribution >= 0.6 is 9.03 Å². The lowest BCUT2D eigenvalue weighted by Gasteiger charge is -1.75. The minimum absolute atomic E-state index is 0.360. The normalized spacial score (nSPS) is 8.00. The smallest absolute Gasteiger partial charge is 0.151 e. The van der Waals surface area contributed by atoms with Crippen molar-refractivity contribution in [3.63, 3.8) is 0 Å². The van der Waals surface area contributed by atoms with Gasteiger partial charge in [0, 0.05) is 7.11 Å². The van der Waals surface area contributed by atoms with E-state index in [-0.39, 0.29) is 9.03 Å².